The van der Waals surface area contributed by atoms with Crippen LogP contribution in [0.15, 0.2) is 41.4 Å². The molecule has 2 aromatic carbocycles. The van der Waals surface area contributed by atoms with Crippen LogP contribution in [-0.2, 0) is 6.61 Å². The zero-order chi connectivity index (χ0) is 16.9. The minimum atomic E-state index is -0.265. The van der Waals surface area contributed by atoms with Crippen LogP contribution < -0.4 is 9.47 Å². The maximum absolute atomic E-state index is 13.8. The van der Waals surface area contributed by atoms with Crippen LogP contribution in [-0.4, -0.2) is 23.9 Å². The molecule has 0 amide bonds. The lowest BCUT2D eigenvalue weighted by Crippen LogP contribution is -2.04. The highest BCUT2D eigenvalue weighted by molar-refractivity contribution is 14.1. The number of hydrogen-bond donors (Lipinski definition) is 0. The zero-order valence-corrected chi connectivity index (χ0v) is 16.2. The molecule has 0 saturated heterocycles. The van der Waals surface area contributed by atoms with Crippen LogP contribution in [0.5, 0.6) is 11.5 Å². The average Bonchev–Trinajstić information content (AvgIpc) is 3.10. The number of nitrogens with zero attached hydrogens (tertiary/aromatic N) is 1. The van der Waals surface area contributed by atoms with Crippen molar-refractivity contribution < 1.29 is 13.9 Å². The minimum Gasteiger partial charge on any atom is -0.490 e. The van der Waals surface area contributed by atoms with Crippen LogP contribution in [0.1, 0.15) is 18.1 Å². The third-order valence-electron chi connectivity index (χ3n) is 3.47. The number of rotatable bonds is 6. The van der Waals surface area contributed by atoms with Crippen LogP contribution in [0.2, 0.25) is 0 Å². The van der Waals surface area contributed by atoms with Gasteiger partial charge in [0.1, 0.15) is 12.4 Å². The van der Waals surface area contributed by atoms with E-state index in [1.807, 2.05) is 19.1 Å². The molecule has 24 heavy (non-hydrogen) atoms. The summed E-state index contributed by atoms with van der Waals surface area (Å²) in [6.07, 6.45) is 0. The normalized spacial score (nSPS) is 13.7. The van der Waals surface area contributed by atoms with E-state index in [1.54, 1.807) is 30.0 Å². The Morgan fingerprint density at radius 3 is 2.79 bits per heavy atom. The Morgan fingerprint density at radius 2 is 2.08 bits per heavy atom. The molecule has 0 aromatic heterocycles. The Morgan fingerprint density at radius 1 is 1.25 bits per heavy atom. The van der Waals surface area contributed by atoms with Crippen molar-refractivity contribution in [2.24, 2.45) is 4.99 Å². The van der Waals surface area contributed by atoms with Gasteiger partial charge in [0.25, 0.3) is 0 Å². The highest BCUT2D eigenvalue weighted by atomic mass is 127. The molecule has 1 aliphatic rings. The molecule has 0 fully saturated rings. The van der Waals surface area contributed by atoms with E-state index in [-0.39, 0.29) is 12.4 Å². The molecule has 3 nitrogen and oxygen atoms in total. The van der Waals surface area contributed by atoms with Crippen LogP contribution >= 0.6 is 34.4 Å². The van der Waals surface area contributed by atoms with Crippen LogP contribution in [0.3, 0.4) is 0 Å². The first kappa shape index (κ1) is 17.5. The second-order valence-electron chi connectivity index (χ2n) is 5.13. The molecular weight excluding hydrogens is 440 g/mol. The van der Waals surface area contributed by atoms with Crippen molar-refractivity contribution in [1.82, 2.24) is 0 Å². The Kier molecular flexibility index (Phi) is 5.99. The van der Waals surface area contributed by atoms with Crippen LogP contribution in [0.25, 0.3) is 0 Å². The fourth-order valence-corrected chi connectivity index (χ4v) is 3.97. The predicted octanol–water partition coefficient (Wildman–Crippen LogP) is 4.90. The van der Waals surface area contributed by atoms with Gasteiger partial charge in [-0.15, -0.1) is 11.8 Å². The van der Waals surface area contributed by atoms with E-state index in [0.717, 1.165) is 26.5 Å². The van der Waals surface area contributed by atoms with Crippen molar-refractivity contribution in [3.05, 3.63) is 56.9 Å². The van der Waals surface area contributed by atoms with Gasteiger partial charge in [-0.25, -0.2) is 4.39 Å². The van der Waals surface area contributed by atoms with E-state index < -0.39 is 0 Å². The predicted molar refractivity (Wildman–Crippen MR) is 105 cm³/mol. The molecule has 3 rings (SSSR count). The number of thioether (sulfide) groups is 1. The number of hydrogen-bond acceptors (Lipinski definition) is 4. The number of benzene rings is 2. The summed E-state index contributed by atoms with van der Waals surface area (Å²) in [6.45, 7) is 3.49. The highest BCUT2D eigenvalue weighted by Gasteiger charge is 2.17. The van der Waals surface area contributed by atoms with Gasteiger partial charge in [-0.05, 0) is 47.7 Å². The van der Waals surface area contributed by atoms with Crippen LogP contribution in [0, 0.1) is 9.39 Å². The first-order valence-corrected chi connectivity index (χ1v) is 9.75. The third kappa shape index (κ3) is 4.03. The second kappa shape index (κ2) is 8.20. The smallest absolute Gasteiger partial charge is 0.175 e. The van der Waals surface area contributed by atoms with Gasteiger partial charge >= 0.3 is 0 Å². The fourth-order valence-electron chi connectivity index (χ4n) is 2.37. The van der Waals surface area contributed by atoms with E-state index in [9.17, 15) is 4.39 Å². The Hall–Kier alpha value is -1.28. The third-order valence-corrected chi connectivity index (χ3v) is 5.30. The van der Waals surface area contributed by atoms with E-state index in [1.165, 1.54) is 6.07 Å². The van der Waals surface area contributed by atoms with Crippen molar-refractivity contribution in [1.29, 1.82) is 0 Å². The summed E-state index contributed by atoms with van der Waals surface area (Å²) in [7, 11) is 0. The lowest BCUT2D eigenvalue weighted by Gasteiger charge is -2.15. The van der Waals surface area contributed by atoms with Gasteiger partial charge in [0, 0.05) is 23.4 Å². The summed E-state index contributed by atoms with van der Waals surface area (Å²) < 4.78 is 26.3. The van der Waals surface area contributed by atoms with E-state index in [2.05, 4.69) is 27.6 Å². The Bertz CT molecular complexity index is 767. The van der Waals surface area contributed by atoms with Gasteiger partial charge < -0.3 is 9.47 Å². The molecule has 0 bridgehead atoms. The van der Waals surface area contributed by atoms with Gasteiger partial charge in [-0.1, -0.05) is 18.2 Å². The summed E-state index contributed by atoms with van der Waals surface area (Å²) in [5.41, 5.74) is 1.57. The molecule has 126 valence electrons. The molecule has 0 saturated carbocycles. The zero-order valence-electron chi connectivity index (χ0n) is 13.2. The first-order chi connectivity index (χ1) is 11.7. The summed E-state index contributed by atoms with van der Waals surface area (Å²) in [5.74, 6) is 2.07. The van der Waals surface area contributed by atoms with Crippen molar-refractivity contribution in [2.75, 3.05) is 18.9 Å². The lowest BCUT2D eigenvalue weighted by molar-refractivity contribution is 0.264. The Labute approximate surface area is 158 Å². The van der Waals surface area contributed by atoms with E-state index in [4.69, 9.17) is 9.47 Å². The molecular formula is C18H17FINO2S. The molecule has 0 aliphatic carbocycles. The lowest BCUT2D eigenvalue weighted by atomic mass is 10.2. The van der Waals surface area contributed by atoms with Gasteiger partial charge in [0.2, 0.25) is 0 Å². The molecule has 0 atom stereocenters. The van der Waals surface area contributed by atoms with Crippen LogP contribution in [0.4, 0.5) is 4.39 Å². The maximum Gasteiger partial charge on any atom is 0.175 e. The summed E-state index contributed by atoms with van der Waals surface area (Å²) in [5, 5.41) is 1.04. The van der Waals surface area contributed by atoms with Crippen molar-refractivity contribution >= 4 is 39.4 Å². The van der Waals surface area contributed by atoms with Crippen molar-refractivity contribution in [2.45, 2.75) is 13.5 Å². The van der Waals surface area contributed by atoms with Gasteiger partial charge in [-0.3, -0.25) is 4.99 Å². The summed E-state index contributed by atoms with van der Waals surface area (Å²) in [6, 6.07) is 10.6. The Balaban J connectivity index is 1.87. The maximum atomic E-state index is 13.8. The molecule has 0 N–H and O–H groups in total. The van der Waals surface area contributed by atoms with Gasteiger partial charge in [0.15, 0.2) is 11.5 Å². The summed E-state index contributed by atoms with van der Waals surface area (Å²) >= 11 is 3.98. The number of halogens is 2. The summed E-state index contributed by atoms with van der Waals surface area (Å²) in [4.78, 5) is 4.51. The second-order valence-corrected chi connectivity index (χ2v) is 7.38. The van der Waals surface area contributed by atoms with Crippen molar-refractivity contribution in [3.8, 4) is 11.5 Å². The largest absolute Gasteiger partial charge is 0.490 e. The van der Waals surface area contributed by atoms with Gasteiger partial charge in [-0.2, -0.15) is 0 Å². The average molecular weight is 457 g/mol. The molecule has 0 radical (unpaired) electrons. The first-order valence-electron chi connectivity index (χ1n) is 7.69. The standard InChI is InChI=1S/C18H17FINO2S/c1-2-22-16-10-13(18-21-7-8-24-18)9-15(20)17(16)23-11-12-5-3-4-6-14(12)19/h3-6,9-10H,2,7-8,11H2,1H3. The number of aliphatic imine (C=N–C) groups is 1. The highest BCUT2D eigenvalue weighted by Crippen LogP contribution is 2.36. The minimum absolute atomic E-state index is 0.164. The van der Waals surface area contributed by atoms with Crippen molar-refractivity contribution in [3.63, 3.8) is 0 Å². The monoisotopic (exact) mass is 457 g/mol. The molecule has 0 spiro atoms. The molecule has 6 heteroatoms. The fraction of sp³-hybridized carbons (Fsp3) is 0.278. The quantitative estimate of drug-likeness (QED) is 0.579. The topological polar surface area (TPSA) is 30.8 Å². The SMILES string of the molecule is CCOc1cc(C2=NCCS2)cc(I)c1OCc1ccccc1F. The molecule has 1 aliphatic heterocycles. The molecule has 2 aromatic rings. The number of ether oxygens (including phenoxy) is 2. The molecule has 0 unspecified atom stereocenters. The molecule has 1 heterocycles. The van der Waals surface area contributed by atoms with E-state index >= 15 is 0 Å². The van der Waals surface area contributed by atoms with E-state index in [0.29, 0.717) is 23.7 Å². The van der Waals surface area contributed by atoms with Gasteiger partial charge in [0.05, 0.1) is 15.2 Å².